The van der Waals surface area contributed by atoms with Crippen molar-refractivity contribution in [3.8, 4) is 11.4 Å². The highest BCUT2D eigenvalue weighted by molar-refractivity contribution is 7.99. The van der Waals surface area contributed by atoms with Gasteiger partial charge < -0.3 is 9.47 Å². The molecule has 2 rings (SSSR count). The minimum Gasteiger partial charge on any atom is -0.372 e. The van der Waals surface area contributed by atoms with E-state index >= 15 is 0 Å². The van der Waals surface area contributed by atoms with Crippen LogP contribution in [0.5, 0.6) is 0 Å². The van der Waals surface area contributed by atoms with Crippen molar-refractivity contribution in [2.24, 2.45) is 7.05 Å². The summed E-state index contributed by atoms with van der Waals surface area (Å²) >= 11 is 1.78. The molecule has 1 aromatic heterocycles. The molecule has 22 heavy (non-hydrogen) atoms. The van der Waals surface area contributed by atoms with E-state index in [1.165, 1.54) is 5.69 Å². The van der Waals surface area contributed by atoms with Crippen LogP contribution in [0.2, 0.25) is 0 Å². The van der Waals surface area contributed by atoms with Gasteiger partial charge in [0, 0.05) is 36.6 Å². The third kappa shape index (κ3) is 3.64. The smallest absolute Gasteiger partial charge is 0.191 e. The lowest BCUT2D eigenvalue weighted by Gasteiger charge is -2.21. The normalized spacial score (nSPS) is 12.4. The molecule has 0 aliphatic heterocycles. The number of rotatable bonds is 7. The zero-order chi connectivity index (χ0) is 16.1. The van der Waals surface area contributed by atoms with Crippen LogP contribution in [-0.2, 0) is 7.05 Å². The second-order valence-corrected chi connectivity index (χ2v) is 6.83. The molecule has 0 N–H and O–H groups in total. The van der Waals surface area contributed by atoms with Crippen molar-refractivity contribution in [3.63, 3.8) is 0 Å². The van der Waals surface area contributed by atoms with Gasteiger partial charge in [-0.3, -0.25) is 0 Å². The molecule has 0 fully saturated rings. The first-order valence-corrected chi connectivity index (χ1v) is 8.90. The molecule has 0 amide bonds. The van der Waals surface area contributed by atoms with Crippen molar-refractivity contribution in [1.82, 2.24) is 14.8 Å². The summed E-state index contributed by atoms with van der Waals surface area (Å²) in [5, 5.41) is 10.2. The molecule has 2 aromatic rings. The predicted octanol–water partition coefficient (Wildman–Crippen LogP) is 4.22. The van der Waals surface area contributed by atoms with E-state index in [-0.39, 0.29) is 0 Å². The maximum Gasteiger partial charge on any atom is 0.191 e. The number of hydrogen-bond donors (Lipinski definition) is 0. The first kappa shape index (κ1) is 16.9. The average molecular weight is 318 g/mol. The monoisotopic (exact) mass is 318 g/mol. The Bertz CT molecular complexity index is 587. The van der Waals surface area contributed by atoms with Crippen molar-refractivity contribution in [2.45, 2.75) is 44.5 Å². The molecule has 0 radical (unpaired) electrons. The molecule has 0 saturated carbocycles. The largest absolute Gasteiger partial charge is 0.372 e. The van der Waals surface area contributed by atoms with Crippen molar-refractivity contribution in [1.29, 1.82) is 0 Å². The van der Waals surface area contributed by atoms with E-state index in [9.17, 15) is 0 Å². The van der Waals surface area contributed by atoms with Crippen LogP contribution >= 0.6 is 11.8 Å². The van der Waals surface area contributed by atoms with Crippen molar-refractivity contribution in [2.75, 3.05) is 18.0 Å². The fraction of sp³-hybridized carbons (Fsp3) is 0.529. The van der Waals surface area contributed by atoms with Crippen molar-refractivity contribution < 1.29 is 0 Å². The molecule has 0 bridgehead atoms. The van der Waals surface area contributed by atoms with E-state index in [0.717, 1.165) is 36.1 Å². The molecule has 4 nitrogen and oxygen atoms in total. The summed E-state index contributed by atoms with van der Waals surface area (Å²) in [4.78, 5) is 2.34. The Balaban J connectivity index is 2.22. The van der Waals surface area contributed by atoms with Gasteiger partial charge in [0.2, 0.25) is 0 Å². The van der Waals surface area contributed by atoms with E-state index in [0.29, 0.717) is 5.25 Å². The van der Waals surface area contributed by atoms with Crippen LogP contribution in [0.15, 0.2) is 29.4 Å². The van der Waals surface area contributed by atoms with Gasteiger partial charge in [0.05, 0.1) is 0 Å². The van der Waals surface area contributed by atoms with E-state index < -0.39 is 0 Å². The summed E-state index contributed by atoms with van der Waals surface area (Å²) in [7, 11) is 2.04. The Morgan fingerprint density at radius 1 is 1.09 bits per heavy atom. The van der Waals surface area contributed by atoms with Gasteiger partial charge in [0.25, 0.3) is 0 Å². The van der Waals surface area contributed by atoms with Gasteiger partial charge in [-0.25, -0.2) is 0 Å². The Labute approximate surface area is 137 Å². The Kier molecular flexibility index (Phi) is 5.89. The summed E-state index contributed by atoms with van der Waals surface area (Å²) in [6.07, 6.45) is 1.13. The second kappa shape index (κ2) is 7.68. The Morgan fingerprint density at radius 2 is 1.73 bits per heavy atom. The molecule has 0 saturated heterocycles. The van der Waals surface area contributed by atoms with E-state index in [1.54, 1.807) is 11.8 Å². The van der Waals surface area contributed by atoms with Gasteiger partial charge >= 0.3 is 0 Å². The maximum atomic E-state index is 4.37. The standard InChI is InChI=1S/C17H26N4S/c1-6-13(4)22-17-19-18-16(20(17)5)14-9-11-15(12-10-14)21(7-2)8-3/h9-13H,6-8H2,1-5H3. The van der Waals surface area contributed by atoms with Crippen LogP contribution in [0.4, 0.5) is 5.69 Å². The third-order valence-electron chi connectivity index (χ3n) is 3.97. The summed E-state index contributed by atoms with van der Waals surface area (Å²) in [6, 6.07) is 8.60. The molecule has 0 spiro atoms. The van der Waals surface area contributed by atoms with Gasteiger partial charge in [-0.1, -0.05) is 25.6 Å². The zero-order valence-electron chi connectivity index (χ0n) is 14.2. The first-order valence-electron chi connectivity index (χ1n) is 8.02. The topological polar surface area (TPSA) is 34.0 Å². The maximum absolute atomic E-state index is 4.37. The minimum atomic E-state index is 0.556. The van der Waals surface area contributed by atoms with Crippen molar-refractivity contribution in [3.05, 3.63) is 24.3 Å². The fourth-order valence-corrected chi connectivity index (χ4v) is 3.20. The Morgan fingerprint density at radius 3 is 2.27 bits per heavy atom. The highest BCUT2D eigenvalue weighted by atomic mass is 32.2. The summed E-state index contributed by atoms with van der Waals surface area (Å²) < 4.78 is 2.09. The van der Waals surface area contributed by atoms with Gasteiger partial charge in [-0.2, -0.15) is 0 Å². The molecular formula is C17H26N4S. The second-order valence-electron chi connectivity index (χ2n) is 5.42. The van der Waals surface area contributed by atoms with Crippen LogP contribution in [0, 0.1) is 0 Å². The number of thioether (sulfide) groups is 1. The number of nitrogens with zero attached hydrogens (tertiary/aromatic N) is 4. The molecule has 1 unspecified atom stereocenters. The summed E-state index contributed by atoms with van der Waals surface area (Å²) in [5.41, 5.74) is 2.37. The lowest BCUT2D eigenvalue weighted by Crippen LogP contribution is -2.21. The quantitative estimate of drug-likeness (QED) is 0.716. The highest BCUT2D eigenvalue weighted by Gasteiger charge is 2.13. The van der Waals surface area contributed by atoms with E-state index in [2.05, 4.69) is 71.6 Å². The highest BCUT2D eigenvalue weighted by Crippen LogP contribution is 2.27. The molecule has 1 atom stereocenters. The van der Waals surface area contributed by atoms with Crippen molar-refractivity contribution >= 4 is 17.4 Å². The van der Waals surface area contributed by atoms with Gasteiger partial charge in [0.15, 0.2) is 11.0 Å². The molecule has 5 heteroatoms. The third-order valence-corrected chi connectivity index (χ3v) is 5.27. The minimum absolute atomic E-state index is 0.556. The number of aromatic nitrogens is 3. The number of hydrogen-bond acceptors (Lipinski definition) is 4. The summed E-state index contributed by atoms with van der Waals surface area (Å²) in [6.45, 7) is 10.8. The van der Waals surface area contributed by atoms with Gasteiger partial charge in [-0.05, 0) is 44.5 Å². The SMILES string of the molecule is CCC(C)Sc1nnc(-c2ccc(N(CC)CC)cc2)n1C. The summed E-state index contributed by atoms with van der Waals surface area (Å²) in [5.74, 6) is 0.928. The molecule has 0 aliphatic carbocycles. The molecule has 120 valence electrons. The van der Waals surface area contributed by atoms with Crippen LogP contribution < -0.4 is 4.90 Å². The van der Waals surface area contributed by atoms with Crippen LogP contribution in [-0.4, -0.2) is 33.1 Å². The predicted molar refractivity (Wildman–Crippen MR) is 95.6 cm³/mol. The van der Waals surface area contributed by atoms with Gasteiger partial charge in [0.1, 0.15) is 0 Å². The lowest BCUT2D eigenvalue weighted by molar-refractivity contribution is 0.784. The lowest BCUT2D eigenvalue weighted by atomic mass is 10.2. The van der Waals surface area contributed by atoms with E-state index in [4.69, 9.17) is 0 Å². The van der Waals surface area contributed by atoms with Gasteiger partial charge in [-0.15, -0.1) is 10.2 Å². The molecule has 0 aliphatic rings. The van der Waals surface area contributed by atoms with Crippen LogP contribution in [0.25, 0.3) is 11.4 Å². The molecule has 1 heterocycles. The first-order chi connectivity index (χ1) is 10.6. The van der Waals surface area contributed by atoms with Crippen LogP contribution in [0.3, 0.4) is 0 Å². The van der Waals surface area contributed by atoms with Crippen LogP contribution in [0.1, 0.15) is 34.1 Å². The number of benzene rings is 1. The average Bonchev–Trinajstić information content (AvgIpc) is 2.90. The number of anilines is 1. The zero-order valence-corrected chi connectivity index (χ0v) is 15.0. The fourth-order valence-electron chi connectivity index (χ4n) is 2.34. The Hall–Kier alpha value is -1.49. The molecule has 1 aromatic carbocycles. The molecular weight excluding hydrogens is 292 g/mol. The van der Waals surface area contributed by atoms with E-state index in [1.807, 2.05) is 7.05 Å².